The number of nitrogen functional groups attached to an aromatic ring is 1. The highest BCUT2D eigenvalue weighted by molar-refractivity contribution is 8.00. The average molecular weight is 314 g/mol. The molecule has 1 heterocycles. The van der Waals surface area contributed by atoms with Gasteiger partial charge in [0.25, 0.3) is 0 Å². The molecule has 2 unspecified atom stereocenters. The van der Waals surface area contributed by atoms with Crippen LogP contribution >= 0.6 is 23.4 Å². The first-order chi connectivity index (χ1) is 9.44. The topological polar surface area (TPSA) is 58.4 Å². The zero-order valence-electron chi connectivity index (χ0n) is 11.7. The van der Waals surface area contributed by atoms with Crippen LogP contribution in [0.15, 0.2) is 18.2 Å². The molecule has 4 nitrogen and oxygen atoms in total. The Morgan fingerprint density at radius 1 is 1.45 bits per heavy atom. The molecule has 20 heavy (non-hydrogen) atoms. The first-order valence-electron chi connectivity index (χ1n) is 6.66. The zero-order valence-corrected chi connectivity index (χ0v) is 13.3. The molecule has 1 aliphatic heterocycles. The lowest BCUT2D eigenvalue weighted by Crippen LogP contribution is -2.44. The van der Waals surface area contributed by atoms with Gasteiger partial charge in [-0.15, -0.1) is 0 Å². The molecule has 3 N–H and O–H groups in total. The van der Waals surface area contributed by atoms with Crippen molar-refractivity contribution in [3.05, 3.63) is 23.2 Å². The van der Waals surface area contributed by atoms with Crippen molar-refractivity contribution in [3.8, 4) is 0 Å². The summed E-state index contributed by atoms with van der Waals surface area (Å²) in [5, 5.41) is 4.49. The van der Waals surface area contributed by atoms with Gasteiger partial charge in [0.1, 0.15) is 0 Å². The van der Waals surface area contributed by atoms with Gasteiger partial charge in [0.2, 0.25) is 5.91 Å². The van der Waals surface area contributed by atoms with E-state index in [1.54, 1.807) is 18.2 Å². The lowest BCUT2D eigenvalue weighted by atomic mass is 10.2. The van der Waals surface area contributed by atoms with Gasteiger partial charge in [-0.3, -0.25) is 9.69 Å². The average Bonchev–Trinajstić information content (AvgIpc) is 2.32. The largest absolute Gasteiger partial charge is 0.397 e. The van der Waals surface area contributed by atoms with E-state index in [4.69, 9.17) is 17.3 Å². The molecule has 1 amide bonds. The molecule has 1 aromatic carbocycles. The highest BCUT2D eigenvalue weighted by Gasteiger charge is 2.23. The SMILES string of the molecule is CC1CN(CC(=O)Nc2ccc(Cl)c(N)c2)CC(C)S1. The van der Waals surface area contributed by atoms with E-state index in [0.29, 0.717) is 33.4 Å². The third-order valence-corrected chi connectivity index (χ3v) is 4.71. The van der Waals surface area contributed by atoms with Crippen LogP contribution in [0, 0.1) is 0 Å². The first kappa shape index (κ1) is 15.5. The van der Waals surface area contributed by atoms with Gasteiger partial charge >= 0.3 is 0 Å². The predicted molar refractivity (Wildman–Crippen MR) is 87.4 cm³/mol. The number of halogens is 1. The Bertz CT molecular complexity index is 487. The fourth-order valence-electron chi connectivity index (χ4n) is 2.44. The third kappa shape index (κ3) is 4.30. The van der Waals surface area contributed by atoms with Gasteiger partial charge in [0.15, 0.2) is 0 Å². The van der Waals surface area contributed by atoms with Crippen molar-refractivity contribution in [2.45, 2.75) is 24.3 Å². The second kappa shape index (κ2) is 6.70. The van der Waals surface area contributed by atoms with Gasteiger partial charge in [-0.1, -0.05) is 25.4 Å². The highest BCUT2D eigenvalue weighted by Crippen LogP contribution is 2.25. The molecule has 0 bridgehead atoms. The van der Waals surface area contributed by atoms with Gasteiger partial charge in [-0.2, -0.15) is 11.8 Å². The maximum atomic E-state index is 12.1. The van der Waals surface area contributed by atoms with E-state index < -0.39 is 0 Å². The number of nitrogens with one attached hydrogen (secondary N) is 1. The van der Waals surface area contributed by atoms with Crippen molar-refractivity contribution in [2.75, 3.05) is 30.7 Å². The van der Waals surface area contributed by atoms with E-state index in [0.717, 1.165) is 13.1 Å². The van der Waals surface area contributed by atoms with Gasteiger partial charge < -0.3 is 11.1 Å². The Balaban J connectivity index is 1.90. The summed E-state index contributed by atoms with van der Waals surface area (Å²) < 4.78 is 0. The predicted octanol–water partition coefficient (Wildman–Crippen LogP) is 2.69. The second-order valence-corrected chi connectivity index (χ2v) is 7.52. The quantitative estimate of drug-likeness (QED) is 0.842. The van der Waals surface area contributed by atoms with Crippen LogP contribution in [0.5, 0.6) is 0 Å². The summed E-state index contributed by atoms with van der Waals surface area (Å²) in [6.45, 7) is 6.71. The van der Waals surface area contributed by atoms with Crippen molar-refractivity contribution in [3.63, 3.8) is 0 Å². The standard InChI is InChI=1S/C14H20ClN3OS/c1-9-6-18(7-10(2)20-9)8-14(19)17-11-3-4-12(15)13(16)5-11/h3-5,9-10H,6-8,16H2,1-2H3,(H,17,19). The summed E-state index contributed by atoms with van der Waals surface area (Å²) in [5.74, 6) is -0.0157. The minimum atomic E-state index is -0.0157. The van der Waals surface area contributed by atoms with Gasteiger partial charge in [-0.25, -0.2) is 0 Å². The number of benzene rings is 1. The highest BCUT2D eigenvalue weighted by atomic mass is 35.5. The molecule has 0 radical (unpaired) electrons. The maximum Gasteiger partial charge on any atom is 0.238 e. The van der Waals surface area contributed by atoms with Crippen molar-refractivity contribution in [1.82, 2.24) is 4.90 Å². The van der Waals surface area contributed by atoms with E-state index >= 15 is 0 Å². The molecule has 2 atom stereocenters. The molecule has 2 rings (SSSR count). The number of hydrogen-bond acceptors (Lipinski definition) is 4. The summed E-state index contributed by atoms with van der Waals surface area (Å²) in [7, 11) is 0. The molecular formula is C14H20ClN3OS. The minimum absolute atomic E-state index is 0.0157. The van der Waals surface area contributed by atoms with Gasteiger partial charge in [0, 0.05) is 29.3 Å². The zero-order chi connectivity index (χ0) is 14.7. The second-order valence-electron chi connectivity index (χ2n) is 5.24. The lowest BCUT2D eigenvalue weighted by Gasteiger charge is -2.33. The van der Waals surface area contributed by atoms with Crippen LogP contribution in [0.4, 0.5) is 11.4 Å². The van der Waals surface area contributed by atoms with Crippen LogP contribution in [-0.4, -0.2) is 40.9 Å². The van der Waals surface area contributed by atoms with Crippen LogP contribution in [0.1, 0.15) is 13.8 Å². The molecule has 6 heteroatoms. The molecule has 1 aromatic rings. The molecule has 1 saturated heterocycles. The van der Waals surface area contributed by atoms with Crippen LogP contribution < -0.4 is 11.1 Å². The number of hydrogen-bond donors (Lipinski definition) is 2. The molecule has 0 aromatic heterocycles. The number of nitrogens with two attached hydrogens (primary N) is 1. The number of thioether (sulfide) groups is 1. The summed E-state index contributed by atoms with van der Waals surface area (Å²) in [4.78, 5) is 14.3. The Morgan fingerprint density at radius 3 is 2.70 bits per heavy atom. The molecular weight excluding hydrogens is 294 g/mol. The Kier molecular flexibility index (Phi) is 5.18. The van der Waals surface area contributed by atoms with E-state index in [1.165, 1.54) is 0 Å². The Morgan fingerprint density at radius 2 is 2.10 bits per heavy atom. The smallest absolute Gasteiger partial charge is 0.238 e. The summed E-state index contributed by atoms with van der Waals surface area (Å²) in [6.07, 6.45) is 0. The van der Waals surface area contributed by atoms with Crippen LogP contribution in [-0.2, 0) is 4.79 Å². The van der Waals surface area contributed by atoms with Crippen molar-refractivity contribution in [2.24, 2.45) is 0 Å². The van der Waals surface area contributed by atoms with E-state index in [9.17, 15) is 4.79 Å². The third-order valence-electron chi connectivity index (χ3n) is 3.14. The molecule has 0 saturated carbocycles. The van der Waals surface area contributed by atoms with E-state index in [1.807, 2.05) is 11.8 Å². The van der Waals surface area contributed by atoms with Crippen molar-refractivity contribution in [1.29, 1.82) is 0 Å². The maximum absolute atomic E-state index is 12.1. The molecule has 110 valence electrons. The van der Waals surface area contributed by atoms with Gasteiger partial charge in [0.05, 0.1) is 17.3 Å². The van der Waals surface area contributed by atoms with Gasteiger partial charge in [-0.05, 0) is 18.2 Å². The first-order valence-corrected chi connectivity index (χ1v) is 7.99. The fourth-order valence-corrected chi connectivity index (χ4v) is 3.94. The number of amides is 1. The molecule has 1 fully saturated rings. The summed E-state index contributed by atoms with van der Waals surface area (Å²) >= 11 is 7.83. The number of rotatable bonds is 3. The molecule has 0 aliphatic carbocycles. The molecule has 0 spiro atoms. The van der Waals surface area contributed by atoms with Crippen molar-refractivity contribution < 1.29 is 4.79 Å². The summed E-state index contributed by atoms with van der Waals surface area (Å²) in [5.41, 5.74) is 6.88. The Labute approximate surface area is 129 Å². The monoisotopic (exact) mass is 313 g/mol. The number of anilines is 2. The van der Waals surface area contributed by atoms with E-state index in [2.05, 4.69) is 24.1 Å². The van der Waals surface area contributed by atoms with Crippen LogP contribution in [0.2, 0.25) is 5.02 Å². The number of nitrogens with zero attached hydrogens (tertiary/aromatic N) is 1. The lowest BCUT2D eigenvalue weighted by molar-refractivity contribution is -0.117. The number of carbonyl (C=O) groups is 1. The van der Waals surface area contributed by atoms with Crippen molar-refractivity contribution >= 4 is 40.6 Å². The van der Waals surface area contributed by atoms with Crippen LogP contribution in [0.3, 0.4) is 0 Å². The Hall–Kier alpha value is -0.910. The van der Waals surface area contributed by atoms with E-state index in [-0.39, 0.29) is 5.91 Å². The minimum Gasteiger partial charge on any atom is -0.397 e. The fraction of sp³-hybridized carbons (Fsp3) is 0.500. The normalized spacial score (nSPS) is 23.6. The van der Waals surface area contributed by atoms with Crippen LogP contribution in [0.25, 0.3) is 0 Å². The molecule has 1 aliphatic rings. The summed E-state index contributed by atoms with van der Waals surface area (Å²) in [6, 6.07) is 5.12. The number of carbonyl (C=O) groups excluding carboxylic acids is 1.